The van der Waals surface area contributed by atoms with E-state index in [1.807, 2.05) is 6.07 Å². The summed E-state index contributed by atoms with van der Waals surface area (Å²) in [7, 11) is -4.22. The molecule has 0 bridgehead atoms. The first-order valence-corrected chi connectivity index (χ1v) is 14.4. The highest BCUT2D eigenvalue weighted by Crippen LogP contribution is 2.29. The smallest absolute Gasteiger partial charge is 0.282 e. The summed E-state index contributed by atoms with van der Waals surface area (Å²) in [6, 6.07) is 9.85. The minimum Gasteiger partial charge on any atom is -0.282 e. The van der Waals surface area contributed by atoms with Gasteiger partial charge >= 0.3 is 0 Å². The van der Waals surface area contributed by atoms with Crippen LogP contribution in [0.25, 0.3) is 10.8 Å². The number of rotatable bonds is 17. The molecule has 2 aromatic carbocycles. The number of unbranched alkanes of at least 4 members (excludes halogenated alkanes) is 12. The van der Waals surface area contributed by atoms with Gasteiger partial charge in [-0.05, 0) is 53.6 Å². The van der Waals surface area contributed by atoms with E-state index in [0.717, 1.165) is 35.6 Å². The summed E-state index contributed by atoms with van der Waals surface area (Å²) in [6.45, 7) is 4.47. The molecule has 0 saturated heterocycles. The molecule has 0 heterocycles. The largest absolute Gasteiger partial charge is 0.294 e. The normalized spacial score (nSPS) is 12.0. The predicted octanol–water partition coefficient (Wildman–Crippen LogP) is 8.67. The summed E-state index contributed by atoms with van der Waals surface area (Å²) in [6.07, 6.45) is 19.2. The third-order valence-corrected chi connectivity index (χ3v) is 7.47. The Bertz CT molecular complexity index is 902. The van der Waals surface area contributed by atoms with Crippen molar-refractivity contribution in [2.45, 2.75) is 121 Å². The fourth-order valence-electron chi connectivity index (χ4n) is 4.62. The average Bonchev–Trinajstić information content (AvgIpc) is 2.76. The molecule has 0 atom stereocenters. The maximum absolute atomic E-state index is 12.0. The van der Waals surface area contributed by atoms with Crippen LogP contribution in [0.1, 0.15) is 115 Å². The van der Waals surface area contributed by atoms with Gasteiger partial charge in [-0.3, -0.25) is 4.55 Å². The fraction of sp³-hybridized carbons (Fsp3) is 0.643. The minimum absolute atomic E-state index is 0.0795. The first kappa shape index (κ1) is 26.9. The van der Waals surface area contributed by atoms with E-state index in [1.165, 1.54) is 82.6 Å². The molecule has 0 aliphatic carbocycles. The van der Waals surface area contributed by atoms with E-state index in [0.29, 0.717) is 6.42 Å². The standard InChI is InChI=1S/C28H44O3S/c1-3-5-7-9-11-13-15-17-24-19-21-26-25(23-24)20-22-28(32(29,30)31)27(26)18-16-14-12-10-8-6-4-2/h19-23H,3-18H2,1-2H3,(H,29,30,31). The van der Waals surface area contributed by atoms with Crippen LogP contribution in [-0.4, -0.2) is 13.0 Å². The zero-order valence-corrected chi connectivity index (χ0v) is 21.2. The maximum atomic E-state index is 12.0. The van der Waals surface area contributed by atoms with Gasteiger partial charge in [-0.2, -0.15) is 8.42 Å². The molecule has 2 aromatic rings. The van der Waals surface area contributed by atoms with Crippen molar-refractivity contribution >= 4 is 20.9 Å². The summed E-state index contributed by atoms with van der Waals surface area (Å²) in [5.74, 6) is 0. The second kappa shape index (κ2) is 14.7. The number of hydrogen-bond acceptors (Lipinski definition) is 2. The lowest BCUT2D eigenvalue weighted by atomic mass is 9.96. The third-order valence-electron chi connectivity index (χ3n) is 6.53. The van der Waals surface area contributed by atoms with E-state index >= 15 is 0 Å². The lowest BCUT2D eigenvalue weighted by molar-refractivity contribution is 0.482. The Morgan fingerprint density at radius 3 is 1.75 bits per heavy atom. The van der Waals surface area contributed by atoms with Gasteiger partial charge in [-0.15, -0.1) is 0 Å². The molecule has 0 aromatic heterocycles. The molecule has 0 spiro atoms. The van der Waals surface area contributed by atoms with Crippen molar-refractivity contribution in [1.82, 2.24) is 0 Å². The zero-order chi connectivity index (χ0) is 23.2. The Morgan fingerprint density at radius 2 is 1.19 bits per heavy atom. The molecule has 0 saturated carbocycles. The van der Waals surface area contributed by atoms with E-state index in [9.17, 15) is 13.0 Å². The molecule has 0 aliphatic rings. The first-order valence-electron chi connectivity index (χ1n) is 13.0. The fourth-order valence-corrected chi connectivity index (χ4v) is 5.39. The van der Waals surface area contributed by atoms with Gasteiger partial charge in [0.1, 0.15) is 0 Å². The van der Waals surface area contributed by atoms with Crippen molar-refractivity contribution in [3.05, 3.63) is 41.5 Å². The Labute approximate surface area is 196 Å². The van der Waals surface area contributed by atoms with Crippen molar-refractivity contribution in [2.24, 2.45) is 0 Å². The Kier molecular flexibility index (Phi) is 12.3. The van der Waals surface area contributed by atoms with Crippen LogP contribution in [-0.2, 0) is 23.0 Å². The quantitative estimate of drug-likeness (QED) is 0.190. The highest BCUT2D eigenvalue weighted by Gasteiger charge is 2.18. The van der Waals surface area contributed by atoms with Gasteiger partial charge < -0.3 is 0 Å². The Balaban J connectivity index is 2.01. The van der Waals surface area contributed by atoms with Crippen LogP contribution >= 0.6 is 0 Å². The minimum atomic E-state index is -4.22. The monoisotopic (exact) mass is 460 g/mol. The van der Waals surface area contributed by atoms with Gasteiger partial charge in [0.2, 0.25) is 0 Å². The topological polar surface area (TPSA) is 54.4 Å². The summed E-state index contributed by atoms with van der Waals surface area (Å²) in [4.78, 5) is 0.0795. The van der Waals surface area contributed by atoms with Crippen LogP contribution < -0.4 is 0 Å². The van der Waals surface area contributed by atoms with Gasteiger partial charge in [0.05, 0.1) is 4.90 Å². The summed E-state index contributed by atoms with van der Waals surface area (Å²) < 4.78 is 33.8. The molecular formula is C28H44O3S. The van der Waals surface area contributed by atoms with Crippen LogP contribution in [0.5, 0.6) is 0 Å². The molecule has 4 heteroatoms. The van der Waals surface area contributed by atoms with Crippen molar-refractivity contribution < 1.29 is 13.0 Å². The molecule has 0 aliphatic heterocycles. The van der Waals surface area contributed by atoms with Crippen molar-refractivity contribution in [2.75, 3.05) is 0 Å². The summed E-state index contributed by atoms with van der Waals surface area (Å²) in [5, 5.41) is 2.05. The molecule has 32 heavy (non-hydrogen) atoms. The highest BCUT2D eigenvalue weighted by molar-refractivity contribution is 7.85. The maximum Gasteiger partial charge on any atom is 0.294 e. The molecule has 180 valence electrons. The molecule has 0 radical (unpaired) electrons. The van der Waals surface area contributed by atoms with Gasteiger partial charge in [0.25, 0.3) is 10.1 Å². The van der Waals surface area contributed by atoms with Crippen LogP contribution in [0, 0.1) is 0 Å². The second-order valence-electron chi connectivity index (χ2n) is 9.32. The number of aryl methyl sites for hydroxylation is 2. The van der Waals surface area contributed by atoms with Gasteiger partial charge in [-0.25, -0.2) is 0 Å². The van der Waals surface area contributed by atoms with Gasteiger partial charge in [-0.1, -0.05) is 115 Å². The van der Waals surface area contributed by atoms with E-state index in [-0.39, 0.29) is 4.90 Å². The van der Waals surface area contributed by atoms with Crippen molar-refractivity contribution in [3.8, 4) is 0 Å². The van der Waals surface area contributed by atoms with Gasteiger partial charge in [0.15, 0.2) is 0 Å². The van der Waals surface area contributed by atoms with E-state index in [2.05, 4.69) is 32.0 Å². The summed E-state index contributed by atoms with van der Waals surface area (Å²) >= 11 is 0. The molecule has 0 fully saturated rings. The molecule has 3 nitrogen and oxygen atoms in total. The first-order chi connectivity index (χ1) is 15.5. The van der Waals surface area contributed by atoms with Crippen LogP contribution in [0.2, 0.25) is 0 Å². The SMILES string of the molecule is CCCCCCCCCc1ccc2c(CCCCCCCCC)c(S(=O)(=O)O)ccc2c1. The van der Waals surface area contributed by atoms with Crippen molar-refractivity contribution in [3.63, 3.8) is 0 Å². The lowest BCUT2D eigenvalue weighted by Crippen LogP contribution is -2.04. The van der Waals surface area contributed by atoms with Crippen molar-refractivity contribution in [1.29, 1.82) is 0 Å². The average molecular weight is 461 g/mol. The molecular weight excluding hydrogens is 416 g/mol. The highest BCUT2D eigenvalue weighted by atomic mass is 32.2. The van der Waals surface area contributed by atoms with Gasteiger partial charge in [0, 0.05) is 0 Å². The number of benzene rings is 2. The van der Waals surface area contributed by atoms with Crippen LogP contribution in [0.3, 0.4) is 0 Å². The second-order valence-corrected chi connectivity index (χ2v) is 10.7. The zero-order valence-electron chi connectivity index (χ0n) is 20.4. The molecule has 0 amide bonds. The summed E-state index contributed by atoms with van der Waals surface area (Å²) in [5.41, 5.74) is 2.09. The third kappa shape index (κ3) is 9.23. The molecule has 1 N–H and O–H groups in total. The van der Waals surface area contributed by atoms with Crippen LogP contribution in [0.15, 0.2) is 35.2 Å². The Morgan fingerprint density at radius 1 is 0.656 bits per heavy atom. The predicted molar refractivity (Wildman–Crippen MR) is 137 cm³/mol. The number of hydrogen-bond donors (Lipinski definition) is 1. The Hall–Kier alpha value is -1.39. The lowest BCUT2D eigenvalue weighted by Gasteiger charge is -2.13. The van der Waals surface area contributed by atoms with E-state index in [1.54, 1.807) is 6.07 Å². The van der Waals surface area contributed by atoms with E-state index in [4.69, 9.17) is 0 Å². The van der Waals surface area contributed by atoms with Crippen LogP contribution in [0.4, 0.5) is 0 Å². The van der Waals surface area contributed by atoms with E-state index < -0.39 is 10.1 Å². The number of fused-ring (bicyclic) bond motifs is 1. The molecule has 0 unspecified atom stereocenters. The molecule has 2 rings (SSSR count).